The Morgan fingerprint density at radius 3 is 2.75 bits per heavy atom. The Kier molecular flexibility index (Phi) is 6.44. The molecule has 0 saturated carbocycles. The van der Waals surface area contributed by atoms with Gasteiger partial charge in [-0.05, 0) is 31.5 Å². The molecule has 1 aromatic carbocycles. The Hall–Kier alpha value is -1.12. The molecule has 0 aliphatic rings. The van der Waals surface area contributed by atoms with Crippen LogP contribution in [-0.2, 0) is 19.6 Å². The molecule has 20 heavy (non-hydrogen) atoms. The van der Waals surface area contributed by atoms with Crippen LogP contribution in [0, 0.1) is 0 Å². The van der Waals surface area contributed by atoms with Gasteiger partial charge in [0, 0.05) is 17.4 Å². The van der Waals surface area contributed by atoms with E-state index in [-0.39, 0.29) is 29.5 Å². The second kappa shape index (κ2) is 7.61. The monoisotopic (exact) mass is 364 g/mol. The standard InChI is InChI=1S/C12H17BrN2O4S/c1-2-19-12(16)4-3-7-15-20(17,18)11-6-5-9(13)8-10(11)14/h5-6,8,15H,2-4,7,14H2,1H3. The summed E-state index contributed by atoms with van der Waals surface area (Å²) in [4.78, 5) is 11.1. The van der Waals surface area contributed by atoms with Crippen molar-refractivity contribution in [1.29, 1.82) is 0 Å². The second-order valence-electron chi connectivity index (χ2n) is 3.99. The third-order valence-electron chi connectivity index (χ3n) is 2.42. The summed E-state index contributed by atoms with van der Waals surface area (Å²) in [6.45, 7) is 2.19. The van der Waals surface area contributed by atoms with E-state index in [0.717, 1.165) is 0 Å². The van der Waals surface area contributed by atoms with E-state index in [1.807, 2.05) is 0 Å². The fourth-order valence-electron chi connectivity index (χ4n) is 1.51. The summed E-state index contributed by atoms with van der Waals surface area (Å²) in [7, 11) is -3.67. The molecule has 6 nitrogen and oxygen atoms in total. The molecule has 0 saturated heterocycles. The van der Waals surface area contributed by atoms with Crippen LogP contribution in [0.3, 0.4) is 0 Å². The number of anilines is 1. The van der Waals surface area contributed by atoms with Crippen LogP contribution < -0.4 is 10.5 Å². The minimum absolute atomic E-state index is 0.0248. The maximum Gasteiger partial charge on any atom is 0.305 e. The Morgan fingerprint density at radius 1 is 1.45 bits per heavy atom. The minimum Gasteiger partial charge on any atom is -0.466 e. The summed E-state index contributed by atoms with van der Waals surface area (Å²) in [5.41, 5.74) is 5.84. The summed E-state index contributed by atoms with van der Waals surface area (Å²) in [6, 6.07) is 4.55. The number of nitrogens with one attached hydrogen (secondary N) is 1. The molecule has 112 valence electrons. The lowest BCUT2D eigenvalue weighted by Gasteiger charge is -2.09. The number of sulfonamides is 1. The van der Waals surface area contributed by atoms with E-state index in [2.05, 4.69) is 20.7 Å². The molecule has 0 unspecified atom stereocenters. The molecule has 0 atom stereocenters. The number of carbonyl (C=O) groups is 1. The van der Waals surface area contributed by atoms with E-state index >= 15 is 0 Å². The fourth-order valence-corrected chi connectivity index (χ4v) is 3.08. The van der Waals surface area contributed by atoms with E-state index in [4.69, 9.17) is 10.5 Å². The van der Waals surface area contributed by atoms with Gasteiger partial charge in [-0.3, -0.25) is 4.79 Å². The van der Waals surface area contributed by atoms with Crippen LogP contribution in [0.1, 0.15) is 19.8 Å². The number of esters is 1. The lowest BCUT2D eigenvalue weighted by molar-refractivity contribution is -0.143. The minimum atomic E-state index is -3.67. The average Bonchev–Trinajstić information content (AvgIpc) is 2.34. The van der Waals surface area contributed by atoms with Gasteiger partial charge in [-0.2, -0.15) is 0 Å². The largest absolute Gasteiger partial charge is 0.466 e. The van der Waals surface area contributed by atoms with Crippen molar-refractivity contribution in [3.63, 3.8) is 0 Å². The molecule has 0 radical (unpaired) electrons. The van der Waals surface area contributed by atoms with Crippen LogP contribution in [0.4, 0.5) is 5.69 Å². The van der Waals surface area contributed by atoms with Crippen molar-refractivity contribution in [2.24, 2.45) is 0 Å². The molecule has 0 aliphatic heterocycles. The number of rotatable bonds is 7. The van der Waals surface area contributed by atoms with Gasteiger partial charge in [0.2, 0.25) is 10.0 Å². The van der Waals surface area contributed by atoms with Crippen molar-refractivity contribution >= 4 is 37.6 Å². The molecule has 0 aliphatic carbocycles. The van der Waals surface area contributed by atoms with Gasteiger partial charge in [-0.15, -0.1) is 0 Å². The maximum atomic E-state index is 12.0. The zero-order valence-electron chi connectivity index (χ0n) is 11.1. The third kappa shape index (κ3) is 5.10. The first kappa shape index (κ1) is 16.9. The van der Waals surface area contributed by atoms with Gasteiger partial charge in [0.05, 0.1) is 12.3 Å². The lowest BCUT2D eigenvalue weighted by atomic mass is 10.3. The van der Waals surface area contributed by atoms with Crippen LogP contribution >= 0.6 is 15.9 Å². The molecule has 0 fully saturated rings. The first-order valence-electron chi connectivity index (χ1n) is 6.07. The van der Waals surface area contributed by atoms with Crippen molar-refractivity contribution in [2.45, 2.75) is 24.7 Å². The SMILES string of the molecule is CCOC(=O)CCCNS(=O)(=O)c1ccc(Br)cc1N. The van der Waals surface area contributed by atoms with Gasteiger partial charge in [0.15, 0.2) is 0 Å². The maximum absolute atomic E-state index is 12.0. The summed E-state index contributed by atoms with van der Waals surface area (Å²) in [6.07, 6.45) is 0.542. The molecule has 0 bridgehead atoms. The normalized spacial score (nSPS) is 11.3. The molecule has 0 spiro atoms. The van der Waals surface area contributed by atoms with Crippen LogP contribution in [0.2, 0.25) is 0 Å². The van der Waals surface area contributed by atoms with E-state index in [9.17, 15) is 13.2 Å². The van der Waals surface area contributed by atoms with Gasteiger partial charge in [-0.25, -0.2) is 13.1 Å². The predicted molar refractivity (Wildman–Crippen MR) is 79.6 cm³/mol. The Labute approximate surface area is 126 Å². The van der Waals surface area contributed by atoms with E-state index in [0.29, 0.717) is 17.5 Å². The Morgan fingerprint density at radius 2 is 2.15 bits per heavy atom. The summed E-state index contributed by atoms with van der Waals surface area (Å²) < 4.78 is 31.9. The fraction of sp³-hybridized carbons (Fsp3) is 0.417. The van der Waals surface area contributed by atoms with Gasteiger partial charge < -0.3 is 10.5 Å². The molecule has 1 aromatic rings. The van der Waals surface area contributed by atoms with E-state index in [1.54, 1.807) is 13.0 Å². The zero-order chi connectivity index (χ0) is 15.2. The summed E-state index contributed by atoms with van der Waals surface area (Å²) in [5, 5.41) is 0. The number of hydrogen-bond acceptors (Lipinski definition) is 5. The number of nitrogens with two attached hydrogens (primary N) is 1. The number of nitrogen functional groups attached to an aromatic ring is 1. The first-order chi connectivity index (χ1) is 9.36. The predicted octanol–water partition coefficient (Wildman–Crippen LogP) is 1.65. The summed E-state index contributed by atoms with van der Waals surface area (Å²) >= 11 is 3.21. The van der Waals surface area contributed by atoms with Crippen molar-refractivity contribution in [3.05, 3.63) is 22.7 Å². The third-order valence-corrected chi connectivity index (χ3v) is 4.44. The molecule has 0 heterocycles. The molecule has 3 N–H and O–H groups in total. The molecule has 0 aromatic heterocycles. The Balaban J connectivity index is 2.56. The van der Waals surface area contributed by atoms with Gasteiger partial charge in [0.1, 0.15) is 4.90 Å². The quantitative estimate of drug-likeness (QED) is 0.435. The number of carbonyl (C=O) groups excluding carboxylic acids is 1. The number of ether oxygens (including phenoxy) is 1. The second-order valence-corrected chi connectivity index (χ2v) is 6.64. The summed E-state index contributed by atoms with van der Waals surface area (Å²) in [5.74, 6) is -0.338. The number of halogens is 1. The highest BCUT2D eigenvalue weighted by Gasteiger charge is 2.17. The van der Waals surface area contributed by atoms with Crippen molar-refractivity contribution in [2.75, 3.05) is 18.9 Å². The highest BCUT2D eigenvalue weighted by atomic mass is 79.9. The molecular formula is C12H17BrN2O4S. The smallest absolute Gasteiger partial charge is 0.305 e. The van der Waals surface area contributed by atoms with Crippen LogP contribution in [0.25, 0.3) is 0 Å². The van der Waals surface area contributed by atoms with Crippen molar-refractivity contribution in [3.8, 4) is 0 Å². The molecule has 8 heteroatoms. The zero-order valence-corrected chi connectivity index (χ0v) is 13.5. The topological polar surface area (TPSA) is 98.5 Å². The first-order valence-corrected chi connectivity index (χ1v) is 8.34. The van der Waals surface area contributed by atoms with Crippen LogP contribution in [0.5, 0.6) is 0 Å². The lowest BCUT2D eigenvalue weighted by Crippen LogP contribution is -2.26. The van der Waals surface area contributed by atoms with Crippen molar-refractivity contribution in [1.82, 2.24) is 4.72 Å². The van der Waals surface area contributed by atoms with Gasteiger partial charge in [-0.1, -0.05) is 15.9 Å². The average molecular weight is 365 g/mol. The van der Waals surface area contributed by atoms with Gasteiger partial charge in [0.25, 0.3) is 0 Å². The van der Waals surface area contributed by atoms with E-state index < -0.39 is 10.0 Å². The number of hydrogen-bond donors (Lipinski definition) is 2. The molecule has 1 rings (SSSR count). The number of benzene rings is 1. The van der Waals surface area contributed by atoms with Gasteiger partial charge >= 0.3 is 5.97 Å². The molecular weight excluding hydrogens is 348 g/mol. The van der Waals surface area contributed by atoms with Crippen LogP contribution in [0.15, 0.2) is 27.6 Å². The molecule has 0 amide bonds. The highest BCUT2D eigenvalue weighted by Crippen LogP contribution is 2.22. The van der Waals surface area contributed by atoms with E-state index in [1.165, 1.54) is 12.1 Å². The van der Waals surface area contributed by atoms with Crippen LogP contribution in [-0.4, -0.2) is 27.5 Å². The highest BCUT2D eigenvalue weighted by molar-refractivity contribution is 9.10. The Bertz CT molecular complexity index is 575. The van der Waals surface area contributed by atoms with Crippen molar-refractivity contribution < 1.29 is 17.9 Å².